The van der Waals surface area contributed by atoms with Crippen LogP contribution in [0.5, 0.6) is 0 Å². The maximum Gasteiger partial charge on any atom is 0.409 e. The van der Waals surface area contributed by atoms with Gasteiger partial charge in [0.1, 0.15) is 12.2 Å². The summed E-state index contributed by atoms with van der Waals surface area (Å²) in [5.74, 6) is 0. The highest BCUT2D eigenvalue weighted by atomic mass is 16.6. The number of carbonyl (C=O) groups excluding carboxylic acids is 1. The first kappa shape index (κ1) is 7.78. The quantitative estimate of drug-likeness (QED) is 0.436. The third-order valence-corrected chi connectivity index (χ3v) is 2.02. The molecule has 4 atom stereocenters. The van der Waals surface area contributed by atoms with Crippen LogP contribution in [0.15, 0.2) is 0 Å². The molecule has 2 aliphatic rings. The van der Waals surface area contributed by atoms with Crippen LogP contribution in [-0.4, -0.2) is 47.5 Å². The van der Waals surface area contributed by atoms with Crippen LogP contribution in [0.2, 0.25) is 0 Å². The molecule has 68 valence electrons. The molecule has 12 heavy (non-hydrogen) atoms. The highest BCUT2D eigenvalue weighted by Crippen LogP contribution is 2.25. The molecule has 2 rings (SSSR count). The fourth-order valence-electron chi connectivity index (χ4n) is 1.41. The van der Waals surface area contributed by atoms with Gasteiger partial charge in [-0.05, 0) is 0 Å². The van der Waals surface area contributed by atoms with Crippen molar-refractivity contribution in [1.29, 1.82) is 0 Å². The average molecular weight is 175 g/mol. The summed E-state index contributed by atoms with van der Waals surface area (Å²) in [7, 11) is 0. The van der Waals surface area contributed by atoms with E-state index in [9.17, 15) is 9.90 Å². The highest BCUT2D eigenvalue weighted by Gasteiger charge is 2.50. The zero-order valence-corrected chi connectivity index (χ0v) is 6.14. The molecule has 1 amide bonds. The molecule has 6 nitrogen and oxygen atoms in total. The summed E-state index contributed by atoms with van der Waals surface area (Å²) in [5, 5.41) is 20.4. The minimum Gasteiger partial charge on any atom is -0.438 e. The van der Waals surface area contributed by atoms with Gasteiger partial charge in [-0.15, -0.1) is 0 Å². The summed E-state index contributed by atoms with van der Waals surface area (Å²) in [6.45, 7) is -0.284. The molecule has 6 heteroatoms. The standard InChI is InChI=1S/C6H9NO5/c8-1-2-3(9)4-5(11-2)7-6(10)12-4/h2-5,8-9H,1H2,(H,7,10)/t2-,3-,4?,5?/m1/s1. The van der Waals surface area contributed by atoms with E-state index in [4.69, 9.17) is 14.6 Å². The van der Waals surface area contributed by atoms with Crippen molar-refractivity contribution in [2.75, 3.05) is 6.61 Å². The fourth-order valence-corrected chi connectivity index (χ4v) is 1.41. The molecule has 2 saturated heterocycles. The normalized spacial score (nSPS) is 45.3. The lowest BCUT2D eigenvalue weighted by Crippen LogP contribution is -2.33. The third-order valence-electron chi connectivity index (χ3n) is 2.02. The largest absolute Gasteiger partial charge is 0.438 e. The lowest BCUT2D eigenvalue weighted by Gasteiger charge is -2.12. The number of hydrogen-bond donors (Lipinski definition) is 3. The van der Waals surface area contributed by atoms with Crippen LogP contribution in [0, 0.1) is 0 Å². The van der Waals surface area contributed by atoms with Gasteiger partial charge in [-0.25, -0.2) is 4.79 Å². The number of alkyl carbamates (subject to hydrolysis) is 1. The van der Waals surface area contributed by atoms with E-state index in [1.165, 1.54) is 0 Å². The molecule has 0 aromatic rings. The van der Waals surface area contributed by atoms with Crippen molar-refractivity contribution < 1.29 is 24.5 Å². The summed E-state index contributed by atoms with van der Waals surface area (Å²) in [6.07, 6.45) is -3.51. The molecule has 3 N–H and O–H groups in total. The van der Waals surface area contributed by atoms with Gasteiger partial charge in [0.05, 0.1) is 6.61 Å². The second-order valence-electron chi connectivity index (χ2n) is 2.78. The molecule has 0 aromatic heterocycles. The van der Waals surface area contributed by atoms with Gasteiger partial charge in [0.2, 0.25) is 0 Å². The van der Waals surface area contributed by atoms with Crippen molar-refractivity contribution in [3.8, 4) is 0 Å². The molecule has 0 aliphatic carbocycles. The molecule has 0 spiro atoms. The molecule has 2 heterocycles. The van der Waals surface area contributed by atoms with Gasteiger partial charge in [-0.2, -0.15) is 0 Å². The van der Waals surface area contributed by atoms with Crippen molar-refractivity contribution >= 4 is 6.09 Å². The Balaban J connectivity index is 2.08. The smallest absolute Gasteiger partial charge is 0.409 e. The Bertz CT molecular complexity index is 208. The number of hydrogen-bond acceptors (Lipinski definition) is 5. The Morgan fingerprint density at radius 2 is 2.33 bits per heavy atom. The number of aliphatic hydroxyl groups excluding tert-OH is 2. The first-order valence-electron chi connectivity index (χ1n) is 3.64. The molecule has 0 saturated carbocycles. The summed E-state index contributed by atoms with van der Waals surface area (Å²) in [6, 6.07) is 0. The molecular formula is C6H9NO5. The first-order chi connectivity index (χ1) is 5.72. The van der Waals surface area contributed by atoms with E-state index >= 15 is 0 Å². The lowest BCUT2D eigenvalue weighted by molar-refractivity contribution is -0.0296. The number of amides is 1. The molecule has 0 radical (unpaired) electrons. The van der Waals surface area contributed by atoms with Gasteiger partial charge in [0.15, 0.2) is 12.3 Å². The summed E-state index contributed by atoms with van der Waals surface area (Å²) in [4.78, 5) is 10.6. The first-order valence-corrected chi connectivity index (χ1v) is 3.64. The molecule has 0 bridgehead atoms. The summed E-state index contributed by atoms with van der Waals surface area (Å²) >= 11 is 0. The maximum absolute atomic E-state index is 10.6. The monoisotopic (exact) mass is 175 g/mol. The van der Waals surface area contributed by atoms with Gasteiger partial charge in [0, 0.05) is 0 Å². The van der Waals surface area contributed by atoms with Crippen molar-refractivity contribution in [1.82, 2.24) is 5.32 Å². The van der Waals surface area contributed by atoms with Gasteiger partial charge in [-0.3, -0.25) is 5.32 Å². The minimum absolute atomic E-state index is 0.284. The number of carbonyl (C=O) groups is 1. The van der Waals surface area contributed by atoms with Crippen molar-refractivity contribution in [3.63, 3.8) is 0 Å². The highest BCUT2D eigenvalue weighted by molar-refractivity contribution is 5.70. The predicted molar refractivity (Wildman–Crippen MR) is 35.2 cm³/mol. The number of aliphatic hydroxyl groups is 2. The van der Waals surface area contributed by atoms with Crippen LogP contribution >= 0.6 is 0 Å². The van der Waals surface area contributed by atoms with Gasteiger partial charge in [0.25, 0.3) is 0 Å². The number of rotatable bonds is 1. The molecule has 0 aromatic carbocycles. The van der Waals surface area contributed by atoms with Crippen molar-refractivity contribution in [2.24, 2.45) is 0 Å². The second kappa shape index (κ2) is 2.58. The second-order valence-corrected chi connectivity index (χ2v) is 2.78. The van der Waals surface area contributed by atoms with E-state index in [2.05, 4.69) is 5.32 Å². The van der Waals surface area contributed by atoms with Gasteiger partial charge < -0.3 is 19.7 Å². The van der Waals surface area contributed by atoms with E-state index in [1.807, 2.05) is 0 Å². The van der Waals surface area contributed by atoms with Crippen molar-refractivity contribution in [3.05, 3.63) is 0 Å². The molecule has 2 unspecified atom stereocenters. The van der Waals surface area contributed by atoms with E-state index in [0.29, 0.717) is 0 Å². The molecule has 2 fully saturated rings. The number of nitrogens with one attached hydrogen (secondary N) is 1. The lowest BCUT2D eigenvalue weighted by atomic mass is 10.1. The van der Waals surface area contributed by atoms with Crippen LogP contribution in [-0.2, 0) is 9.47 Å². The van der Waals surface area contributed by atoms with Crippen molar-refractivity contribution in [2.45, 2.75) is 24.5 Å². The van der Waals surface area contributed by atoms with Crippen LogP contribution in [0.1, 0.15) is 0 Å². The van der Waals surface area contributed by atoms with Crippen LogP contribution in [0.25, 0.3) is 0 Å². The van der Waals surface area contributed by atoms with E-state index in [1.54, 1.807) is 0 Å². The third kappa shape index (κ3) is 0.961. The topological polar surface area (TPSA) is 88.0 Å². The molecular weight excluding hydrogens is 166 g/mol. The maximum atomic E-state index is 10.6. The number of fused-ring (bicyclic) bond motifs is 1. The van der Waals surface area contributed by atoms with Crippen LogP contribution in [0.4, 0.5) is 4.79 Å². The predicted octanol–water partition coefficient (Wildman–Crippen LogP) is -1.83. The van der Waals surface area contributed by atoms with Crippen LogP contribution in [0.3, 0.4) is 0 Å². The summed E-state index contributed by atoms with van der Waals surface area (Å²) in [5.41, 5.74) is 0. The summed E-state index contributed by atoms with van der Waals surface area (Å²) < 4.78 is 9.75. The SMILES string of the molecule is O=C1NC2O[C@H](CO)[C@@H](O)C2O1. The molecule has 2 aliphatic heterocycles. The average Bonchev–Trinajstić information content (AvgIpc) is 2.51. The Hall–Kier alpha value is -0.850. The van der Waals surface area contributed by atoms with Crippen LogP contribution < -0.4 is 5.32 Å². The Kier molecular flexibility index (Phi) is 1.67. The minimum atomic E-state index is -0.945. The van der Waals surface area contributed by atoms with E-state index in [-0.39, 0.29) is 6.61 Å². The Labute approximate surface area is 68.1 Å². The Morgan fingerprint density at radius 3 is 2.92 bits per heavy atom. The fraction of sp³-hybridized carbons (Fsp3) is 0.833. The van der Waals surface area contributed by atoms with E-state index < -0.39 is 30.6 Å². The van der Waals surface area contributed by atoms with Gasteiger partial charge >= 0.3 is 6.09 Å². The van der Waals surface area contributed by atoms with Gasteiger partial charge in [-0.1, -0.05) is 0 Å². The van der Waals surface area contributed by atoms with E-state index in [0.717, 1.165) is 0 Å². The Morgan fingerprint density at radius 1 is 1.58 bits per heavy atom. The number of ether oxygens (including phenoxy) is 2. The zero-order chi connectivity index (χ0) is 8.72. The zero-order valence-electron chi connectivity index (χ0n) is 6.14.